The molecule has 28 heavy (non-hydrogen) atoms. The van der Waals surface area contributed by atoms with Gasteiger partial charge in [0.15, 0.2) is 21.5 Å². The Morgan fingerprint density at radius 1 is 1.04 bits per heavy atom. The van der Waals surface area contributed by atoms with Crippen molar-refractivity contribution in [3.05, 3.63) is 65.5 Å². The van der Waals surface area contributed by atoms with Gasteiger partial charge in [0, 0.05) is 12.5 Å². The van der Waals surface area contributed by atoms with E-state index >= 15 is 0 Å². The van der Waals surface area contributed by atoms with E-state index in [9.17, 15) is 26.4 Å². The Bertz CT molecular complexity index is 957. The summed E-state index contributed by atoms with van der Waals surface area (Å²) in [5.74, 6) is -3.86. The number of nitrogens with one attached hydrogen (secondary N) is 1. The number of amides is 1. The number of alkyl carbamates (subject to hydrolysis) is 1. The molecule has 0 aliphatic heterocycles. The first-order valence-corrected chi connectivity index (χ1v) is 9.86. The standard InChI is InChI=1S/C19H20F3NO4S/c1-19(2,3)27-18(24)23-17(28(25,26)13-7-5-4-6-8-13)10-12-9-15(21)16(22)11-14(12)20/h4-9,11,17H,10H2,1-3H3,(H,23,24). The van der Waals surface area contributed by atoms with Crippen molar-refractivity contribution in [2.24, 2.45) is 0 Å². The molecule has 0 heterocycles. The molecule has 152 valence electrons. The van der Waals surface area contributed by atoms with Gasteiger partial charge in [-0.1, -0.05) is 18.2 Å². The van der Waals surface area contributed by atoms with Crippen LogP contribution in [0.3, 0.4) is 0 Å². The number of carbonyl (C=O) groups excluding carboxylic acids is 1. The van der Waals surface area contributed by atoms with Crippen LogP contribution in [0.5, 0.6) is 0 Å². The highest BCUT2D eigenvalue weighted by Gasteiger charge is 2.32. The van der Waals surface area contributed by atoms with Crippen LogP contribution in [0.1, 0.15) is 26.3 Å². The van der Waals surface area contributed by atoms with Gasteiger partial charge < -0.3 is 10.1 Å². The van der Waals surface area contributed by atoms with E-state index in [1.807, 2.05) is 0 Å². The maximum Gasteiger partial charge on any atom is 0.408 e. The van der Waals surface area contributed by atoms with Crippen LogP contribution < -0.4 is 5.32 Å². The van der Waals surface area contributed by atoms with Gasteiger partial charge in [0.05, 0.1) is 4.90 Å². The van der Waals surface area contributed by atoms with Gasteiger partial charge in [-0.15, -0.1) is 0 Å². The molecule has 0 saturated heterocycles. The first-order chi connectivity index (χ1) is 12.9. The summed E-state index contributed by atoms with van der Waals surface area (Å²) in [6.07, 6.45) is -1.67. The molecule has 0 aromatic heterocycles. The zero-order valence-electron chi connectivity index (χ0n) is 15.5. The van der Waals surface area contributed by atoms with E-state index in [0.29, 0.717) is 12.1 Å². The summed E-state index contributed by atoms with van der Waals surface area (Å²) in [4.78, 5) is 12.0. The number of ether oxygens (including phenoxy) is 1. The molecular formula is C19H20F3NO4S. The molecule has 0 aliphatic carbocycles. The van der Waals surface area contributed by atoms with Crippen LogP contribution in [-0.4, -0.2) is 25.5 Å². The summed E-state index contributed by atoms with van der Waals surface area (Å²) in [5, 5.41) is 0.527. The SMILES string of the molecule is CC(C)(C)OC(=O)NC(Cc1cc(F)c(F)cc1F)S(=O)(=O)c1ccccc1. The number of hydrogen-bond donors (Lipinski definition) is 1. The van der Waals surface area contributed by atoms with Crippen LogP contribution in [0.15, 0.2) is 47.4 Å². The van der Waals surface area contributed by atoms with Crippen LogP contribution in [0, 0.1) is 17.5 Å². The minimum Gasteiger partial charge on any atom is -0.444 e. The van der Waals surface area contributed by atoms with Gasteiger partial charge >= 0.3 is 6.09 Å². The predicted octanol–water partition coefficient (Wildman–Crippen LogP) is 3.97. The minimum atomic E-state index is -4.18. The van der Waals surface area contributed by atoms with Crippen molar-refractivity contribution >= 4 is 15.9 Å². The van der Waals surface area contributed by atoms with Crippen molar-refractivity contribution in [3.8, 4) is 0 Å². The quantitative estimate of drug-likeness (QED) is 0.750. The van der Waals surface area contributed by atoms with Gasteiger partial charge in [-0.2, -0.15) is 0 Å². The van der Waals surface area contributed by atoms with Gasteiger partial charge in [-0.25, -0.2) is 26.4 Å². The fourth-order valence-electron chi connectivity index (χ4n) is 2.37. The second kappa shape index (κ2) is 8.22. The third-order valence-electron chi connectivity index (χ3n) is 3.62. The minimum absolute atomic E-state index is 0.126. The lowest BCUT2D eigenvalue weighted by atomic mass is 10.1. The number of sulfone groups is 1. The summed E-state index contributed by atoms with van der Waals surface area (Å²) in [7, 11) is -4.18. The van der Waals surface area contributed by atoms with Gasteiger partial charge in [0.1, 0.15) is 16.8 Å². The summed E-state index contributed by atoms with van der Waals surface area (Å²) < 4.78 is 71.7. The normalized spacial score (nSPS) is 13.1. The molecule has 0 spiro atoms. The Hall–Kier alpha value is -2.55. The average Bonchev–Trinajstić information content (AvgIpc) is 2.58. The summed E-state index contributed by atoms with van der Waals surface area (Å²) >= 11 is 0. The van der Waals surface area contributed by atoms with Crippen molar-refractivity contribution in [2.45, 2.75) is 43.1 Å². The number of rotatable bonds is 5. The monoisotopic (exact) mass is 415 g/mol. The topological polar surface area (TPSA) is 72.5 Å². The van der Waals surface area contributed by atoms with Crippen LogP contribution in [0.25, 0.3) is 0 Å². The van der Waals surface area contributed by atoms with Crippen LogP contribution in [0.2, 0.25) is 0 Å². The lowest BCUT2D eigenvalue weighted by Gasteiger charge is -2.24. The fraction of sp³-hybridized carbons (Fsp3) is 0.316. The van der Waals surface area contributed by atoms with Gasteiger partial charge in [0.25, 0.3) is 0 Å². The first-order valence-electron chi connectivity index (χ1n) is 8.32. The molecule has 0 aliphatic rings. The Morgan fingerprint density at radius 2 is 1.61 bits per heavy atom. The van der Waals surface area contributed by atoms with E-state index in [2.05, 4.69) is 5.32 Å². The van der Waals surface area contributed by atoms with Gasteiger partial charge in [-0.05, 0) is 44.5 Å². The van der Waals surface area contributed by atoms with Crippen molar-refractivity contribution < 1.29 is 31.1 Å². The second-order valence-electron chi connectivity index (χ2n) is 7.05. The predicted molar refractivity (Wildman–Crippen MR) is 96.8 cm³/mol. The number of benzene rings is 2. The molecule has 1 N–H and O–H groups in total. The summed E-state index contributed by atoms with van der Waals surface area (Å²) in [6, 6.07) is 8.07. The Labute approximate surface area is 161 Å². The zero-order valence-corrected chi connectivity index (χ0v) is 16.3. The van der Waals surface area contributed by atoms with E-state index < -0.39 is 56.3 Å². The Morgan fingerprint density at radius 3 is 2.18 bits per heavy atom. The van der Waals surface area contributed by atoms with Gasteiger partial charge in [-0.3, -0.25) is 0 Å². The fourth-order valence-corrected chi connectivity index (χ4v) is 3.89. The molecule has 0 fully saturated rings. The maximum atomic E-state index is 14.0. The third-order valence-corrected chi connectivity index (χ3v) is 5.58. The highest BCUT2D eigenvalue weighted by molar-refractivity contribution is 7.92. The second-order valence-corrected chi connectivity index (χ2v) is 9.19. The lowest BCUT2D eigenvalue weighted by molar-refractivity contribution is 0.0519. The Kier molecular flexibility index (Phi) is 6.38. The number of carbonyl (C=O) groups is 1. The molecule has 2 aromatic carbocycles. The lowest BCUT2D eigenvalue weighted by Crippen LogP contribution is -2.44. The van der Waals surface area contributed by atoms with E-state index in [1.165, 1.54) is 24.3 Å². The average molecular weight is 415 g/mol. The zero-order chi connectivity index (χ0) is 21.1. The van der Waals surface area contributed by atoms with E-state index in [0.717, 1.165) is 0 Å². The molecule has 5 nitrogen and oxygen atoms in total. The molecule has 9 heteroatoms. The molecule has 1 atom stereocenters. The number of hydrogen-bond acceptors (Lipinski definition) is 4. The molecule has 0 saturated carbocycles. The van der Waals surface area contributed by atoms with Crippen molar-refractivity contribution in [2.75, 3.05) is 0 Å². The van der Waals surface area contributed by atoms with Gasteiger partial charge in [0.2, 0.25) is 0 Å². The van der Waals surface area contributed by atoms with Crippen LogP contribution >= 0.6 is 0 Å². The van der Waals surface area contributed by atoms with Crippen molar-refractivity contribution in [1.29, 1.82) is 0 Å². The molecule has 2 aromatic rings. The maximum absolute atomic E-state index is 14.0. The molecule has 2 rings (SSSR count). The molecule has 1 unspecified atom stereocenters. The van der Waals surface area contributed by atoms with E-state index in [4.69, 9.17) is 4.74 Å². The van der Waals surface area contributed by atoms with E-state index in [1.54, 1.807) is 26.8 Å². The van der Waals surface area contributed by atoms with E-state index in [-0.39, 0.29) is 4.90 Å². The molecule has 0 radical (unpaired) electrons. The highest BCUT2D eigenvalue weighted by Crippen LogP contribution is 2.21. The number of halogens is 3. The van der Waals surface area contributed by atoms with Crippen molar-refractivity contribution in [3.63, 3.8) is 0 Å². The molecule has 0 bridgehead atoms. The first kappa shape index (κ1) is 21.7. The largest absolute Gasteiger partial charge is 0.444 e. The highest BCUT2D eigenvalue weighted by atomic mass is 32.2. The smallest absolute Gasteiger partial charge is 0.408 e. The third kappa shape index (κ3) is 5.48. The summed E-state index contributed by atoms with van der Waals surface area (Å²) in [6.45, 7) is 4.76. The Balaban J connectivity index is 2.42. The summed E-state index contributed by atoms with van der Waals surface area (Å²) in [5.41, 5.74) is -1.31. The molecule has 1 amide bonds. The molecular weight excluding hydrogens is 395 g/mol. The van der Waals surface area contributed by atoms with Crippen LogP contribution in [0.4, 0.5) is 18.0 Å². The van der Waals surface area contributed by atoms with Crippen LogP contribution in [-0.2, 0) is 21.0 Å². The van der Waals surface area contributed by atoms with Crippen molar-refractivity contribution in [1.82, 2.24) is 5.32 Å².